The van der Waals surface area contributed by atoms with Crippen LogP contribution in [0.25, 0.3) is 0 Å². The molecular formula is C10H22F2N2. The molecule has 0 aromatic rings. The van der Waals surface area contributed by atoms with Crippen molar-refractivity contribution in [2.75, 3.05) is 19.6 Å². The van der Waals surface area contributed by atoms with E-state index in [9.17, 15) is 8.78 Å². The third-order valence-electron chi connectivity index (χ3n) is 2.06. The molecule has 0 aliphatic heterocycles. The first-order chi connectivity index (χ1) is 6.28. The number of alkyl halides is 2. The summed E-state index contributed by atoms with van der Waals surface area (Å²) in [5.74, 6) is -2.37. The van der Waals surface area contributed by atoms with Gasteiger partial charge in [-0.25, -0.2) is 8.78 Å². The fourth-order valence-electron chi connectivity index (χ4n) is 1.29. The van der Waals surface area contributed by atoms with Gasteiger partial charge in [-0.2, -0.15) is 0 Å². The summed E-state index contributed by atoms with van der Waals surface area (Å²) < 4.78 is 26.1. The molecule has 0 amide bonds. The smallest absolute Gasteiger partial charge is 0.272 e. The lowest BCUT2D eigenvalue weighted by Crippen LogP contribution is -2.46. The molecule has 0 aromatic carbocycles. The molecule has 0 atom stereocenters. The fourth-order valence-corrected chi connectivity index (χ4v) is 1.29. The van der Waals surface area contributed by atoms with Gasteiger partial charge < -0.3 is 5.73 Å². The molecule has 0 heterocycles. The number of halogens is 2. The minimum absolute atomic E-state index is 0.134. The first-order valence-corrected chi connectivity index (χ1v) is 5.10. The molecule has 2 nitrogen and oxygen atoms in total. The Hall–Kier alpha value is -0.220. The monoisotopic (exact) mass is 208 g/mol. The molecule has 0 aliphatic carbocycles. The van der Waals surface area contributed by atoms with E-state index in [4.69, 9.17) is 5.73 Å². The average molecular weight is 208 g/mol. The number of nitrogens with zero attached hydrogens (tertiary/aromatic N) is 1. The van der Waals surface area contributed by atoms with E-state index in [1.807, 2.05) is 27.7 Å². The summed E-state index contributed by atoms with van der Waals surface area (Å²) in [5.41, 5.74) is 5.01. The zero-order valence-corrected chi connectivity index (χ0v) is 9.56. The lowest BCUT2D eigenvalue weighted by molar-refractivity contribution is -0.0335. The van der Waals surface area contributed by atoms with E-state index < -0.39 is 12.5 Å². The highest BCUT2D eigenvalue weighted by atomic mass is 19.3. The van der Waals surface area contributed by atoms with E-state index in [1.165, 1.54) is 0 Å². The molecule has 0 saturated carbocycles. The molecule has 0 rings (SSSR count). The second kappa shape index (κ2) is 5.61. The van der Waals surface area contributed by atoms with Crippen molar-refractivity contribution in [3.8, 4) is 0 Å². The Morgan fingerprint density at radius 3 is 2.00 bits per heavy atom. The summed E-state index contributed by atoms with van der Waals surface area (Å²) in [6.45, 7) is 7.77. The van der Waals surface area contributed by atoms with Gasteiger partial charge in [0, 0.05) is 12.6 Å². The summed E-state index contributed by atoms with van der Waals surface area (Å²) in [6.07, 6.45) is 0. The molecule has 0 unspecified atom stereocenters. The van der Waals surface area contributed by atoms with Crippen LogP contribution < -0.4 is 5.73 Å². The summed E-state index contributed by atoms with van der Waals surface area (Å²) in [6, 6.07) is 0.134. The molecule has 0 saturated heterocycles. The Morgan fingerprint density at radius 1 is 1.21 bits per heavy atom. The van der Waals surface area contributed by atoms with E-state index in [1.54, 1.807) is 4.90 Å². The lowest BCUT2D eigenvalue weighted by atomic mass is 10.1. The van der Waals surface area contributed by atoms with E-state index in [0.717, 1.165) is 0 Å². The molecule has 2 N–H and O–H groups in total. The van der Waals surface area contributed by atoms with Gasteiger partial charge in [0.15, 0.2) is 0 Å². The second-order valence-electron chi connectivity index (χ2n) is 4.48. The topological polar surface area (TPSA) is 29.3 Å². The zero-order chi connectivity index (χ0) is 11.4. The van der Waals surface area contributed by atoms with Crippen LogP contribution in [0.15, 0.2) is 0 Å². The SMILES string of the molecule is CC(C)CN(CC(F)(F)CN)C(C)C. The van der Waals surface area contributed by atoms with E-state index in [-0.39, 0.29) is 12.6 Å². The van der Waals surface area contributed by atoms with Crippen LogP contribution in [-0.2, 0) is 0 Å². The average Bonchev–Trinajstić information content (AvgIpc) is 2.02. The quantitative estimate of drug-likeness (QED) is 0.723. The number of hydrogen-bond donors (Lipinski definition) is 1. The predicted octanol–water partition coefficient (Wildman–Crippen LogP) is 1.95. The van der Waals surface area contributed by atoms with Crippen molar-refractivity contribution >= 4 is 0 Å². The van der Waals surface area contributed by atoms with Crippen LogP contribution in [0.3, 0.4) is 0 Å². The lowest BCUT2D eigenvalue weighted by Gasteiger charge is -2.31. The molecule has 4 heteroatoms. The van der Waals surface area contributed by atoms with Crippen molar-refractivity contribution < 1.29 is 8.78 Å². The number of nitrogens with two attached hydrogens (primary N) is 1. The van der Waals surface area contributed by atoms with Crippen LogP contribution in [0.2, 0.25) is 0 Å². The first-order valence-electron chi connectivity index (χ1n) is 5.10. The largest absolute Gasteiger partial charge is 0.325 e. The molecule has 0 fully saturated rings. The highest BCUT2D eigenvalue weighted by Crippen LogP contribution is 2.16. The summed E-state index contributed by atoms with van der Waals surface area (Å²) >= 11 is 0. The van der Waals surface area contributed by atoms with Crippen molar-refractivity contribution in [2.24, 2.45) is 11.7 Å². The zero-order valence-electron chi connectivity index (χ0n) is 9.56. The van der Waals surface area contributed by atoms with Crippen molar-refractivity contribution in [2.45, 2.75) is 39.7 Å². The fraction of sp³-hybridized carbons (Fsp3) is 1.00. The van der Waals surface area contributed by atoms with Gasteiger partial charge in [-0.1, -0.05) is 13.8 Å². The van der Waals surface area contributed by atoms with Crippen LogP contribution in [0.4, 0.5) is 8.78 Å². The Labute approximate surface area is 85.5 Å². The van der Waals surface area contributed by atoms with Gasteiger partial charge in [-0.15, -0.1) is 0 Å². The van der Waals surface area contributed by atoms with Gasteiger partial charge in [-0.05, 0) is 19.8 Å². The maximum Gasteiger partial charge on any atom is 0.272 e. The highest BCUT2D eigenvalue weighted by molar-refractivity contribution is 4.75. The molecular weight excluding hydrogens is 186 g/mol. The van der Waals surface area contributed by atoms with Crippen molar-refractivity contribution in [3.05, 3.63) is 0 Å². The maximum atomic E-state index is 13.0. The van der Waals surface area contributed by atoms with Crippen LogP contribution in [0, 0.1) is 5.92 Å². The van der Waals surface area contributed by atoms with Crippen molar-refractivity contribution in [1.82, 2.24) is 4.90 Å². The summed E-state index contributed by atoms with van der Waals surface area (Å²) in [5, 5.41) is 0. The van der Waals surface area contributed by atoms with Gasteiger partial charge in [0.2, 0.25) is 0 Å². The number of rotatable bonds is 6. The second-order valence-corrected chi connectivity index (χ2v) is 4.48. The van der Waals surface area contributed by atoms with Crippen LogP contribution in [0.1, 0.15) is 27.7 Å². The minimum Gasteiger partial charge on any atom is -0.325 e. The Morgan fingerprint density at radius 2 is 1.71 bits per heavy atom. The molecule has 0 spiro atoms. The third-order valence-corrected chi connectivity index (χ3v) is 2.06. The van der Waals surface area contributed by atoms with E-state index in [2.05, 4.69) is 0 Å². The van der Waals surface area contributed by atoms with Crippen LogP contribution in [-0.4, -0.2) is 36.5 Å². The van der Waals surface area contributed by atoms with Gasteiger partial charge in [0.1, 0.15) is 0 Å². The first kappa shape index (κ1) is 13.8. The summed E-state index contributed by atoms with van der Waals surface area (Å²) in [4.78, 5) is 1.78. The standard InChI is InChI=1S/C10H22F2N2/c1-8(2)5-14(9(3)4)7-10(11,12)6-13/h8-9H,5-7,13H2,1-4H3. The van der Waals surface area contributed by atoms with Gasteiger partial charge in [0.05, 0.1) is 13.1 Å². The molecule has 0 aromatic heterocycles. The molecule has 14 heavy (non-hydrogen) atoms. The van der Waals surface area contributed by atoms with Gasteiger partial charge >= 0.3 is 0 Å². The van der Waals surface area contributed by atoms with Crippen molar-refractivity contribution in [1.29, 1.82) is 0 Å². The van der Waals surface area contributed by atoms with Crippen molar-refractivity contribution in [3.63, 3.8) is 0 Å². The van der Waals surface area contributed by atoms with Crippen LogP contribution >= 0.6 is 0 Å². The predicted molar refractivity (Wildman–Crippen MR) is 55.5 cm³/mol. The normalized spacial score (nSPS) is 13.3. The van der Waals surface area contributed by atoms with E-state index >= 15 is 0 Å². The minimum atomic E-state index is -2.76. The molecule has 0 bridgehead atoms. The van der Waals surface area contributed by atoms with E-state index in [0.29, 0.717) is 12.5 Å². The Balaban J connectivity index is 4.23. The molecule has 86 valence electrons. The Bertz CT molecular complexity index is 158. The maximum absolute atomic E-state index is 13.0. The molecule has 0 radical (unpaired) electrons. The third kappa shape index (κ3) is 5.50. The van der Waals surface area contributed by atoms with Gasteiger partial charge in [-0.3, -0.25) is 4.90 Å². The molecule has 0 aliphatic rings. The van der Waals surface area contributed by atoms with Gasteiger partial charge in [0.25, 0.3) is 5.92 Å². The summed E-state index contributed by atoms with van der Waals surface area (Å²) in [7, 11) is 0. The number of hydrogen-bond acceptors (Lipinski definition) is 2. The van der Waals surface area contributed by atoms with Crippen LogP contribution in [0.5, 0.6) is 0 Å². The highest BCUT2D eigenvalue weighted by Gasteiger charge is 2.30. The Kier molecular flexibility index (Phi) is 5.52.